The van der Waals surface area contributed by atoms with Crippen LogP contribution in [0.1, 0.15) is 305 Å². The van der Waals surface area contributed by atoms with Crippen molar-refractivity contribution in [2.24, 2.45) is 17.8 Å². The molecule has 368 valence electrons. The maximum absolute atomic E-state index is 12.8. The summed E-state index contributed by atoms with van der Waals surface area (Å²) in [6.45, 7) is 13.7. The van der Waals surface area contributed by atoms with Crippen molar-refractivity contribution >= 4 is 17.9 Å². The first-order valence-corrected chi connectivity index (χ1v) is 27.6. The molecule has 0 aromatic carbocycles. The van der Waals surface area contributed by atoms with Crippen LogP contribution in [0, 0.1) is 17.8 Å². The lowest BCUT2D eigenvalue weighted by molar-refractivity contribution is -0.167. The highest BCUT2D eigenvalue weighted by Crippen LogP contribution is 2.18. The zero-order valence-corrected chi connectivity index (χ0v) is 42.7. The molecule has 0 heterocycles. The molecule has 1 atom stereocenters. The Hall–Kier alpha value is -1.59. The Morgan fingerprint density at radius 2 is 0.468 bits per heavy atom. The fraction of sp³-hybridized carbons (Fsp3) is 0.946. The van der Waals surface area contributed by atoms with Crippen LogP contribution >= 0.6 is 0 Å². The molecule has 0 rings (SSSR count). The van der Waals surface area contributed by atoms with Gasteiger partial charge in [0.2, 0.25) is 0 Å². The van der Waals surface area contributed by atoms with Crippen molar-refractivity contribution < 1.29 is 28.6 Å². The average Bonchev–Trinajstić information content (AvgIpc) is 3.23. The largest absolute Gasteiger partial charge is 0.462 e. The highest BCUT2D eigenvalue weighted by atomic mass is 16.6. The predicted octanol–water partition coefficient (Wildman–Crippen LogP) is 17.9. The molecule has 0 aromatic rings. The summed E-state index contributed by atoms with van der Waals surface area (Å²) in [4.78, 5) is 38.0. The van der Waals surface area contributed by atoms with Crippen LogP contribution in [0.15, 0.2) is 0 Å². The summed E-state index contributed by atoms with van der Waals surface area (Å²) in [5.74, 6) is 1.63. The fourth-order valence-corrected chi connectivity index (χ4v) is 8.47. The molecule has 0 radical (unpaired) electrons. The molecule has 0 aliphatic carbocycles. The van der Waals surface area contributed by atoms with Crippen LogP contribution in [-0.2, 0) is 28.6 Å². The Kier molecular flexibility index (Phi) is 46.2. The lowest BCUT2D eigenvalue weighted by Gasteiger charge is -2.18. The Labute approximate surface area is 387 Å². The molecule has 0 fully saturated rings. The van der Waals surface area contributed by atoms with Crippen LogP contribution in [0.3, 0.4) is 0 Å². The maximum atomic E-state index is 12.8. The van der Waals surface area contributed by atoms with Gasteiger partial charge in [0.25, 0.3) is 0 Å². The van der Waals surface area contributed by atoms with Gasteiger partial charge in [-0.3, -0.25) is 14.4 Å². The average molecular weight is 877 g/mol. The van der Waals surface area contributed by atoms with E-state index in [-0.39, 0.29) is 31.1 Å². The van der Waals surface area contributed by atoms with E-state index in [9.17, 15) is 14.4 Å². The lowest BCUT2D eigenvalue weighted by Crippen LogP contribution is -2.30. The number of carbonyl (C=O) groups is 3. The van der Waals surface area contributed by atoms with E-state index < -0.39 is 6.10 Å². The zero-order valence-electron chi connectivity index (χ0n) is 42.7. The second-order valence-corrected chi connectivity index (χ2v) is 20.6. The third kappa shape index (κ3) is 49.4. The number of hydrogen-bond donors (Lipinski definition) is 0. The highest BCUT2D eigenvalue weighted by molar-refractivity contribution is 5.71. The van der Waals surface area contributed by atoms with Crippen molar-refractivity contribution in [1.82, 2.24) is 0 Å². The Morgan fingerprint density at radius 1 is 0.274 bits per heavy atom. The molecule has 0 N–H and O–H groups in total. The topological polar surface area (TPSA) is 78.9 Å². The normalized spacial score (nSPS) is 12.1. The van der Waals surface area contributed by atoms with E-state index in [4.69, 9.17) is 14.2 Å². The van der Waals surface area contributed by atoms with Crippen LogP contribution < -0.4 is 0 Å². The molecule has 6 nitrogen and oxygen atoms in total. The van der Waals surface area contributed by atoms with E-state index in [1.165, 1.54) is 186 Å². The molecule has 62 heavy (non-hydrogen) atoms. The summed E-state index contributed by atoms with van der Waals surface area (Å²) in [7, 11) is 0. The minimum Gasteiger partial charge on any atom is -0.462 e. The Bertz CT molecular complexity index is 960. The third-order valence-electron chi connectivity index (χ3n) is 12.6. The molecule has 0 aliphatic rings. The standard InChI is InChI=1S/C56H108O6/c1-50(2)42-36-30-24-18-13-11-9-7-8-10-12-14-21-27-33-39-45-54(57)60-48-53(49-61-55(58)46-40-34-28-23-17-20-26-32-38-44-52(5)6)62-56(59)47-41-35-29-22-16-15-19-25-31-37-43-51(3)4/h50-53H,7-49H2,1-6H3/t53-/m0/s1. The SMILES string of the molecule is CC(C)CCCCCCCCCCCCCCCCCCC(=O)OC[C@@H](COC(=O)CCCCCCCCCCCC(C)C)OC(=O)CCCCCCCCCCCCC(C)C. The van der Waals surface area contributed by atoms with E-state index in [0.29, 0.717) is 19.3 Å². The molecule has 0 spiro atoms. The Morgan fingerprint density at radius 3 is 0.694 bits per heavy atom. The minimum absolute atomic E-state index is 0.0643. The summed E-state index contributed by atoms with van der Waals surface area (Å²) in [5.41, 5.74) is 0. The van der Waals surface area contributed by atoms with Gasteiger partial charge in [-0.1, -0.05) is 266 Å². The number of carbonyl (C=O) groups excluding carboxylic acids is 3. The summed E-state index contributed by atoms with van der Waals surface area (Å²) < 4.78 is 16.8. The second-order valence-electron chi connectivity index (χ2n) is 20.6. The van der Waals surface area contributed by atoms with Gasteiger partial charge in [-0.25, -0.2) is 0 Å². The number of esters is 3. The van der Waals surface area contributed by atoms with Crippen LogP contribution in [0.2, 0.25) is 0 Å². The van der Waals surface area contributed by atoms with Gasteiger partial charge in [0.15, 0.2) is 6.10 Å². The third-order valence-corrected chi connectivity index (χ3v) is 12.6. The van der Waals surface area contributed by atoms with Gasteiger partial charge < -0.3 is 14.2 Å². The van der Waals surface area contributed by atoms with Gasteiger partial charge in [-0.15, -0.1) is 0 Å². The summed E-state index contributed by atoms with van der Waals surface area (Å²) in [6.07, 6.45) is 48.1. The molecule has 0 saturated heterocycles. The summed E-state index contributed by atoms with van der Waals surface area (Å²) in [5, 5.41) is 0. The number of hydrogen-bond acceptors (Lipinski definition) is 6. The molecule has 6 heteroatoms. The Balaban J connectivity index is 4.26. The summed E-state index contributed by atoms with van der Waals surface area (Å²) in [6, 6.07) is 0. The molecule has 0 amide bonds. The fourth-order valence-electron chi connectivity index (χ4n) is 8.47. The quantitative estimate of drug-likeness (QED) is 0.0344. The van der Waals surface area contributed by atoms with Gasteiger partial charge in [0, 0.05) is 19.3 Å². The van der Waals surface area contributed by atoms with E-state index in [2.05, 4.69) is 41.5 Å². The maximum Gasteiger partial charge on any atom is 0.306 e. The second kappa shape index (κ2) is 47.4. The van der Waals surface area contributed by atoms with Gasteiger partial charge in [-0.2, -0.15) is 0 Å². The van der Waals surface area contributed by atoms with Gasteiger partial charge in [0.05, 0.1) is 0 Å². The monoisotopic (exact) mass is 877 g/mol. The smallest absolute Gasteiger partial charge is 0.306 e. The first-order valence-electron chi connectivity index (χ1n) is 27.6. The van der Waals surface area contributed by atoms with Gasteiger partial charge in [0.1, 0.15) is 13.2 Å². The predicted molar refractivity (Wildman–Crippen MR) is 266 cm³/mol. The van der Waals surface area contributed by atoms with Crippen molar-refractivity contribution in [2.45, 2.75) is 311 Å². The number of ether oxygens (including phenoxy) is 3. The van der Waals surface area contributed by atoms with Gasteiger partial charge >= 0.3 is 17.9 Å². The summed E-state index contributed by atoms with van der Waals surface area (Å²) >= 11 is 0. The zero-order chi connectivity index (χ0) is 45.6. The lowest BCUT2D eigenvalue weighted by atomic mass is 10.0. The highest BCUT2D eigenvalue weighted by Gasteiger charge is 2.19. The molecular formula is C56H108O6. The molecule has 0 saturated carbocycles. The first kappa shape index (κ1) is 60.4. The molecular weight excluding hydrogens is 769 g/mol. The minimum atomic E-state index is -0.763. The number of rotatable bonds is 49. The molecule has 0 bridgehead atoms. The van der Waals surface area contributed by atoms with Crippen LogP contribution in [0.25, 0.3) is 0 Å². The van der Waals surface area contributed by atoms with Crippen LogP contribution in [0.5, 0.6) is 0 Å². The van der Waals surface area contributed by atoms with Gasteiger partial charge in [-0.05, 0) is 37.0 Å². The number of unbranched alkanes of at least 4 members (excludes halogenated alkanes) is 32. The van der Waals surface area contributed by atoms with Crippen molar-refractivity contribution in [3.63, 3.8) is 0 Å². The van der Waals surface area contributed by atoms with Crippen LogP contribution in [0.4, 0.5) is 0 Å². The van der Waals surface area contributed by atoms with E-state index >= 15 is 0 Å². The van der Waals surface area contributed by atoms with Crippen molar-refractivity contribution in [3.8, 4) is 0 Å². The molecule has 0 aromatic heterocycles. The van der Waals surface area contributed by atoms with E-state index in [0.717, 1.165) is 75.5 Å². The van der Waals surface area contributed by atoms with Crippen molar-refractivity contribution in [3.05, 3.63) is 0 Å². The van der Waals surface area contributed by atoms with Crippen molar-refractivity contribution in [2.75, 3.05) is 13.2 Å². The van der Waals surface area contributed by atoms with E-state index in [1.807, 2.05) is 0 Å². The first-order chi connectivity index (χ1) is 30.1. The van der Waals surface area contributed by atoms with E-state index in [1.54, 1.807) is 0 Å². The molecule has 0 unspecified atom stereocenters. The molecule has 0 aliphatic heterocycles. The van der Waals surface area contributed by atoms with Crippen molar-refractivity contribution in [1.29, 1.82) is 0 Å². The van der Waals surface area contributed by atoms with Crippen LogP contribution in [-0.4, -0.2) is 37.2 Å².